The Morgan fingerprint density at radius 1 is 1.07 bits per heavy atom. The van der Waals surface area contributed by atoms with Crippen molar-refractivity contribution in [3.8, 4) is 0 Å². The van der Waals surface area contributed by atoms with Crippen LogP contribution in [0, 0.1) is 6.92 Å². The Morgan fingerprint density at radius 3 is 2.72 bits per heavy atom. The van der Waals surface area contributed by atoms with Gasteiger partial charge in [0.25, 0.3) is 5.91 Å². The smallest absolute Gasteiger partial charge is 0.276 e. The number of amides is 1. The number of nitrogens with zero attached hydrogens (tertiary/aromatic N) is 4. The van der Waals surface area contributed by atoms with Gasteiger partial charge in [0, 0.05) is 6.54 Å². The normalized spacial score (nSPS) is 20.4. The Balaban J connectivity index is 1.46. The number of rotatable bonds is 3. The van der Waals surface area contributed by atoms with E-state index in [2.05, 4.69) is 58.1 Å². The highest BCUT2D eigenvalue weighted by Gasteiger charge is 2.34. The number of aromatic nitrogens is 3. The second-order valence-electron chi connectivity index (χ2n) is 8.17. The molecule has 3 heterocycles. The van der Waals surface area contributed by atoms with Crippen LogP contribution in [-0.2, 0) is 0 Å². The Kier molecular flexibility index (Phi) is 4.79. The van der Waals surface area contributed by atoms with Gasteiger partial charge in [-0.25, -0.2) is 4.68 Å². The van der Waals surface area contributed by atoms with Crippen LogP contribution < -0.4 is 5.32 Å². The van der Waals surface area contributed by atoms with E-state index in [-0.39, 0.29) is 11.9 Å². The van der Waals surface area contributed by atoms with E-state index in [1.54, 1.807) is 0 Å². The zero-order valence-electron chi connectivity index (χ0n) is 16.8. The summed E-state index contributed by atoms with van der Waals surface area (Å²) in [5.41, 5.74) is 2.64. The highest BCUT2D eigenvalue weighted by atomic mass is 16.2. The molecule has 2 aromatic carbocycles. The molecule has 2 aliphatic rings. The van der Waals surface area contributed by atoms with Crippen LogP contribution in [0.1, 0.15) is 59.5 Å². The van der Waals surface area contributed by atoms with Gasteiger partial charge in [0.2, 0.25) is 0 Å². The van der Waals surface area contributed by atoms with Gasteiger partial charge in [0.1, 0.15) is 0 Å². The summed E-state index contributed by atoms with van der Waals surface area (Å²) in [6.45, 7) is 4.73. The summed E-state index contributed by atoms with van der Waals surface area (Å²) in [7, 11) is 0. The van der Waals surface area contributed by atoms with Crippen molar-refractivity contribution in [3.63, 3.8) is 0 Å². The zero-order chi connectivity index (χ0) is 19.8. The molecule has 0 saturated carbocycles. The first-order valence-electron chi connectivity index (χ1n) is 10.6. The molecule has 0 aliphatic carbocycles. The number of carbonyl (C=O) groups is 1. The van der Waals surface area contributed by atoms with E-state index in [9.17, 15) is 4.79 Å². The fourth-order valence-corrected chi connectivity index (χ4v) is 4.95. The van der Waals surface area contributed by atoms with Crippen molar-refractivity contribution in [1.29, 1.82) is 0 Å². The molecule has 1 N–H and O–H groups in total. The first kappa shape index (κ1) is 18.3. The number of nitrogens with one attached hydrogen (secondary N) is 1. The van der Waals surface area contributed by atoms with Gasteiger partial charge in [-0.3, -0.25) is 4.79 Å². The van der Waals surface area contributed by atoms with E-state index in [4.69, 9.17) is 0 Å². The molecule has 2 fully saturated rings. The summed E-state index contributed by atoms with van der Waals surface area (Å²) in [4.78, 5) is 15.5. The fourth-order valence-electron chi connectivity index (χ4n) is 4.95. The van der Waals surface area contributed by atoms with E-state index < -0.39 is 0 Å². The van der Waals surface area contributed by atoms with Gasteiger partial charge in [-0.2, -0.15) is 0 Å². The summed E-state index contributed by atoms with van der Waals surface area (Å²) < 4.78 is 1.97. The molecule has 6 heteroatoms. The molecule has 6 nitrogen and oxygen atoms in total. The highest BCUT2D eigenvalue weighted by Crippen LogP contribution is 2.37. The van der Waals surface area contributed by atoms with Crippen LogP contribution in [0.3, 0.4) is 0 Å². The average Bonchev–Trinajstić information content (AvgIpc) is 3.40. The SMILES string of the molecule is Cc1c(C(=O)N2CCCC2c2cccc3ccccc23)nnn1C1CCNCC1. The van der Waals surface area contributed by atoms with Crippen LogP contribution in [0.2, 0.25) is 0 Å². The Labute approximate surface area is 170 Å². The van der Waals surface area contributed by atoms with Gasteiger partial charge in [0.05, 0.1) is 17.8 Å². The van der Waals surface area contributed by atoms with Gasteiger partial charge < -0.3 is 10.2 Å². The van der Waals surface area contributed by atoms with E-state index in [1.807, 2.05) is 16.5 Å². The van der Waals surface area contributed by atoms with Crippen molar-refractivity contribution in [2.75, 3.05) is 19.6 Å². The molecule has 2 saturated heterocycles. The molecule has 3 aromatic rings. The predicted octanol–water partition coefficient (Wildman–Crippen LogP) is 3.64. The van der Waals surface area contributed by atoms with Gasteiger partial charge in [-0.15, -0.1) is 5.10 Å². The topological polar surface area (TPSA) is 63.1 Å². The maximum absolute atomic E-state index is 13.5. The third kappa shape index (κ3) is 3.21. The first-order valence-corrected chi connectivity index (χ1v) is 10.6. The van der Waals surface area contributed by atoms with E-state index in [0.717, 1.165) is 51.0 Å². The Hall–Kier alpha value is -2.73. The van der Waals surface area contributed by atoms with E-state index in [0.29, 0.717) is 11.7 Å². The predicted molar refractivity (Wildman–Crippen MR) is 113 cm³/mol. The molecule has 5 rings (SSSR count). The second-order valence-corrected chi connectivity index (χ2v) is 8.17. The number of benzene rings is 2. The molecule has 1 unspecified atom stereocenters. The lowest BCUT2D eigenvalue weighted by molar-refractivity contribution is 0.0729. The van der Waals surface area contributed by atoms with E-state index >= 15 is 0 Å². The van der Waals surface area contributed by atoms with Crippen molar-refractivity contribution in [3.05, 3.63) is 59.4 Å². The van der Waals surface area contributed by atoms with E-state index in [1.165, 1.54) is 16.3 Å². The monoisotopic (exact) mass is 389 g/mol. The first-order chi connectivity index (χ1) is 14.2. The lowest BCUT2D eigenvalue weighted by atomic mass is 9.97. The number of fused-ring (bicyclic) bond motifs is 1. The van der Waals surface area contributed by atoms with Gasteiger partial charge >= 0.3 is 0 Å². The van der Waals surface area contributed by atoms with Gasteiger partial charge in [-0.05, 0) is 62.0 Å². The molecule has 150 valence electrons. The fraction of sp³-hybridized carbons (Fsp3) is 0.435. The molecule has 1 atom stereocenters. The van der Waals surface area contributed by atoms with Crippen LogP contribution in [0.5, 0.6) is 0 Å². The van der Waals surface area contributed by atoms with Crippen LogP contribution in [0.15, 0.2) is 42.5 Å². The molecule has 1 amide bonds. The minimum atomic E-state index is 0.0121. The third-order valence-electron chi connectivity index (χ3n) is 6.48. The summed E-state index contributed by atoms with van der Waals surface area (Å²) >= 11 is 0. The largest absolute Gasteiger partial charge is 0.330 e. The molecule has 0 radical (unpaired) electrons. The number of carbonyl (C=O) groups excluding carboxylic acids is 1. The van der Waals surface area contributed by atoms with Crippen LogP contribution in [0.25, 0.3) is 10.8 Å². The minimum Gasteiger partial charge on any atom is -0.330 e. The van der Waals surface area contributed by atoms with Crippen LogP contribution in [-0.4, -0.2) is 45.4 Å². The standard InChI is InChI=1S/C23H27N5O/c1-16-22(25-26-28(16)18-11-13-24-14-12-18)23(29)27-15-5-10-21(27)20-9-4-7-17-6-2-3-8-19(17)20/h2-4,6-9,18,21,24H,5,10-15H2,1H3. The number of hydrogen-bond donors (Lipinski definition) is 1. The van der Waals surface area contributed by atoms with Crippen LogP contribution in [0.4, 0.5) is 0 Å². The summed E-state index contributed by atoms with van der Waals surface area (Å²) in [5, 5.41) is 14.5. The van der Waals surface area contributed by atoms with Crippen molar-refractivity contribution in [2.24, 2.45) is 0 Å². The van der Waals surface area contributed by atoms with Crippen molar-refractivity contribution >= 4 is 16.7 Å². The van der Waals surface area contributed by atoms with Crippen LogP contribution >= 0.6 is 0 Å². The second kappa shape index (κ2) is 7.59. The third-order valence-corrected chi connectivity index (χ3v) is 6.48. The quantitative estimate of drug-likeness (QED) is 0.743. The average molecular weight is 390 g/mol. The van der Waals surface area contributed by atoms with Crippen molar-refractivity contribution < 1.29 is 4.79 Å². The Bertz CT molecular complexity index is 1030. The molecular weight excluding hydrogens is 362 g/mol. The van der Waals surface area contributed by atoms with Crippen molar-refractivity contribution in [1.82, 2.24) is 25.2 Å². The lowest BCUT2D eigenvalue weighted by Crippen LogP contribution is -2.32. The zero-order valence-corrected chi connectivity index (χ0v) is 16.8. The molecule has 0 bridgehead atoms. The highest BCUT2D eigenvalue weighted by molar-refractivity contribution is 5.94. The molecular formula is C23H27N5O. The summed E-state index contributed by atoms with van der Waals surface area (Å²) in [6, 6.07) is 15.2. The minimum absolute atomic E-state index is 0.0121. The molecule has 29 heavy (non-hydrogen) atoms. The molecule has 0 spiro atoms. The Morgan fingerprint density at radius 2 is 1.86 bits per heavy atom. The lowest BCUT2D eigenvalue weighted by Gasteiger charge is -2.26. The number of piperidine rings is 1. The summed E-state index contributed by atoms with van der Waals surface area (Å²) in [6.07, 6.45) is 4.06. The van der Waals surface area contributed by atoms with Crippen molar-refractivity contribution in [2.45, 2.75) is 44.7 Å². The van der Waals surface area contributed by atoms with Gasteiger partial charge in [0.15, 0.2) is 5.69 Å². The maximum atomic E-state index is 13.5. The summed E-state index contributed by atoms with van der Waals surface area (Å²) in [5.74, 6) is 0.0121. The number of hydrogen-bond acceptors (Lipinski definition) is 4. The number of likely N-dealkylation sites (tertiary alicyclic amines) is 1. The molecule has 1 aromatic heterocycles. The maximum Gasteiger partial charge on any atom is 0.276 e. The van der Waals surface area contributed by atoms with Gasteiger partial charge in [-0.1, -0.05) is 47.7 Å². The molecule has 2 aliphatic heterocycles.